The first kappa shape index (κ1) is 16.9. The summed E-state index contributed by atoms with van der Waals surface area (Å²) in [6, 6.07) is 7.68. The molecule has 2 fully saturated rings. The smallest absolute Gasteiger partial charge is 0.318 e. The Balaban J connectivity index is 1.49. The standard InChI is InChI=1S/C19H24N4O3/c1-25-15-9-4-6-13(12-15)17-21-18(26-22-17)16-10-5-11-23(16)19(24)20-14-7-2-3-8-14/h4,6,9,12,14,16H,2-3,5,7-8,10-11H2,1H3,(H,20,24)/t16-/m1/s1. The fourth-order valence-electron chi connectivity index (χ4n) is 3.84. The molecule has 1 aromatic heterocycles. The average molecular weight is 356 g/mol. The molecule has 1 aromatic carbocycles. The number of methoxy groups -OCH3 is 1. The van der Waals surface area contributed by atoms with Gasteiger partial charge in [0.25, 0.3) is 0 Å². The van der Waals surface area contributed by atoms with Crippen molar-refractivity contribution in [3.8, 4) is 17.1 Å². The number of carbonyl (C=O) groups is 1. The van der Waals surface area contributed by atoms with Crippen molar-refractivity contribution in [3.05, 3.63) is 30.2 Å². The molecule has 0 bridgehead atoms. The number of likely N-dealkylation sites (tertiary alicyclic amines) is 1. The number of hydrogen-bond acceptors (Lipinski definition) is 5. The zero-order valence-corrected chi connectivity index (χ0v) is 15.0. The Kier molecular flexibility index (Phi) is 4.77. The van der Waals surface area contributed by atoms with Crippen LogP contribution in [-0.2, 0) is 0 Å². The molecule has 2 heterocycles. The highest BCUT2D eigenvalue weighted by atomic mass is 16.5. The molecular weight excluding hydrogens is 332 g/mol. The van der Waals surface area contributed by atoms with Gasteiger partial charge >= 0.3 is 6.03 Å². The number of aromatic nitrogens is 2. The Labute approximate surface area is 152 Å². The van der Waals surface area contributed by atoms with Crippen molar-refractivity contribution in [2.45, 2.75) is 50.6 Å². The van der Waals surface area contributed by atoms with Gasteiger partial charge in [-0.15, -0.1) is 0 Å². The number of hydrogen-bond donors (Lipinski definition) is 1. The third kappa shape index (κ3) is 3.38. The zero-order valence-electron chi connectivity index (χ0n) is 15.0. The summed E-state index contributed by atoms with van der Waals surface area (Å²) in [7, 11) is 1.63. The Morgan fingerprint density at radius 2 is 2.12 bits per heavy atom. The van der Waals surface area contributed by atoms with Gasteiger partial charge < -0.3 is 19.5 Å². The molecule has 1 saturated heterocycles. The van der Waals surface area contributed by atoms with E-state index in [2.05, 4.69) is 15.5 Å². The molecule has 0 spiro atoms. The predicted octanol–water partition coefficient (Wildman–Crippen LogP) is 3.53. The van der Waals surface area contributed by atoms with Crippen LogP contribution >= 0.6 is 0 Å². The monoisotopic (exact) mass is 356 g/mol. The van der Waals surface area contributed by atoms with E-state index >= 15 is 0 Å². The van der Waals surface area contributed by atoms with Crippen LogP contribution in [0.4, 0.5) is 4.79 Å². The highest BCUT2D eigenvalue weighted by Gasteiger charge is 2.35. The van der Waals surface area contributed by atoms with E-state index in [1.165, 1.54) is 12.8 Å². The number of urea groups is 1. The van der Waals surface area contributed by atoms with Crippen LogP contribution in [0.15, 0.2) is 28.8 Å². The summed E-state index contributed by atoms with van der Waals surface area (Å²) < 4.78 is 10.8. The maximum atomic E-state index is 12.7. The molecule has 4 rings (SSSR count). The summed E-state index contributed by atoms with van der Waals surface area (Å²) in [5, 5.41) is 7.26. The van der Waals surface area contributed by atoms with E-state index < -0.39 is 0 Å². The normalized spacial score (nSPS) is 20.5. The molecular formula is C19H24N4O3. The molecule has 1 N–H and O–H groups in total. The van der Waals surface area contributed by atoms with E-state index in [4.69, 9.17) is 9.26 Å². The Hall–Kier alpha value is -2.57. The molecule has 2 aliphatic rings. The van der Waals surface area contributed by atoms with Crippen LogP contribution in [0, 0.1) is 0 Å². The summed E-state index contributed by atoms with van der Waals surface area (Å²) in [6.45, 7) is 0.722. The molecule has 7 nitrogen and oxygen atoms in total. The van der Waals surface area contributed by atoms with Gasteiger partial charge in [-0.1, -0.05) is 30.1 Å². The number of amides is 2. The number of rotatable bonds is 4. The SMILES string of the molecule is COc1cccc(-c2noc([C@H]3CCCN3C(=O)NC3CCCC3)n2)c1. The van der Waals surface area contributed by atoms with Gasteiger partial charge in [0.05, 0.1) is 7.11 Å². The van der Waals surface area contributed by atoms with E-state index in [0.29, 0.717) is 17.8 Å². The number of nitrogens with one attached hydrogen (secondary N) is 1. The van der Waals surface area contributed by atoms with E-state index in [1.807, 2.05) is 29.2 Å². The van der Waals surface area contributed by atoms with Crippen molar-refractivity contribution < 1.29 is 14.1 Å². The van der Waals surface area contributed by atoms with Gasteiger partial charge in [0.2, 0.25) is 11.7 Å². The highest BCUT2D eigenvalue weighted by molar-refractivity contribution is 5.75. The van der Waals surface area contributed by atoms with Gasteiger partial charge in [0, 0.05) is 18.2 Å². The van der Waals surface area contributed by atoms with Crippen molar-refractivity contribution >= 4 is 6.03 Å². The van der Waals surface area contributed by atoms with Crippen molar-refractivity contribution in [3.63, 3.8) is 0 Å². The van der Waals surface area contributed by atoms with Crippen LogP contribution in [0.5, 0.6) is 5.75 Å². The summed E-state index contributed by atoms with van der Waals surface area (Å²) in [5.74, 6) is 1.76. The third-order valence-corrected chi connectivity index (χ3v) is 5.25. The summed E-state index contributed by atoms with van der Waals surface area (Å²) in [4.78, 5) is 19.0. The van der Waals surface area contributed by atoms with Crippen LogP contribution < -0.4 is 10.1 Å². The second-order valence-corrected chi connectivity index (χ2v) is 6.97. The second kappa shape index (κ2) is 7.35. The summed E-state index contributed by atoms with van der Waals surface area (Å²) in [5.41, 5.74) is 0.833. The van der Waals surface area contributed by atoms with Crippen LogP contribution in [0.25, 0.3) is 11.4 Å². The first-order chi connectivity index (χ1) is 12.7. The Bertz CT molecular complexity index is 770. The Morgan fingerprint density at radius 1 is 1.27 bits per heavy atom. The van der Waals surface area contributed by atoms with Crippen LogP contribution in [-0.4, -0.2) is 40.8 Å². The first-order valence-corrected chi connectivity index (χ1v) is 9.30. The van der Waals surface area contributed by atoms with Crippen molar-refractivity contribution in [2.75, 3.05) is 13.7 Å². The number of benzene rings is 1. The first-order valence-electron chi connectivity index (χ1n) is 9.30. The largest absolute Gasteiger partial charge is 0.497 e. The number of carbonyl (C=O) groups excluding carboxylic acids is 1. The lowest BCUT2D eigenvalue weighted by Gasteiger charge is -2.24. The van der Waals surface area contributed by atoms with Crippen LogP contribution in [0.2, 0.25) is 0 Å². The van der Waals surface area contributed by atoms with Gasteiger partial charge in [0.1, 0.15) is 11.8 Å². The van der Waals surface area contributed by atoms with Gasteiger partial charge in [-0.2, -0.15) is 4.98 Å². The summed E-state index contributed by atoms with van der Waals surface area (Å²) >= 11 is 0. The van der Waals surface area contributed by atoms with Crippen molar-refractivity contribution in [1.82, 2.24) is 20.4 Å². The molecule has 1 saturated carbocycles. The molecule has 2 aromatic rings. The quantitative estimate of drug-likeness (QED) is 0.906. The maximum absolute atomic E-state index is 12.7. The van der Waals surface area contributed by atoms with E-state index in [0.717, 1.165) is 43.5 Å². The summed E-state index contributed by atoms with van der Waals surface area (Å²) in [6.07, 6.45) is 6.33. The molecule has 1 aliphatic heterocycles. The van der Waals surface area contributed by atoms with Crippen LogP contribution in [0.3, 0.4) is 0 Å². The van der Waals surface area contributed by atoms with E-state index in [-0.39, 0.29) is 12.1 Å². The molecule has 0 unspecified atom stereocenters. The minimum absolute atomic E-state index is 0.0134. The van der Waals surface area contributed by atoms with Gasteiger partial charge in [-0.3, -0.25) is 0 Å². The Morgan fingerprint density at radius 3 is 2.92 bits per heavy atom. The fraction of sp³-hybridized carbons (Fsp3) is 0.526. The number of nitrogens with zero attached hydrogens (tertiary/aromatic N) is 3. The lowest BCUT2D eigenvalue weighted by molar-refractivity contribution is 0.177. The van der Waals surface area contributed by atoms with Gasteiger partial charge in [-0.05, 0) is 37.8 Å². The van der Waals surface area contributed by atoms with Crippen LogP contribution in [0.1, 0.15) is 50.5 Å². The molecule has 26 heavy (non-hydrogen) atoms. The van der Waals surface area contributed by atoms with Gasteiger partial charge in [-0.25, -0.2) is 4.79 Å². The minimum Gasteiger partial charge on any atom is -0.497 e. The van der Waals surface area contributed by atoms with Crippen molar-refractivity contribution in [1.29, 1.82) is 0 Å². The predicted molar refractivity (Wildman–Crippen MR) is 95.8 cm³/mol. The number of ether oxygens (including phenoxy) is 1. The molecule has 7 heteroatoms. The maximum Gasteiger partial charge on any atom is 0.318 e. The zero-order chi connectivity index (χ0) is 17.9. The average Bonchev–Trinajstić information content (AvgIpc) is 3.41. The van der Waals surface area contributed by atoms with Crippen molar-refractivity contribution in [2.24, 2.45) is 0 Å². The lowest BCUT2D eigenvalue weighted by Crippen LogP contribution is -2.43. The highest BCUT2D eigenvalue weighted by Crippen LogP contribution is 2.32. The molecule has 138 valence electrons. The van der Waals surface area contributed by atoms with Gasteiger partial charge in [0.15, 0.2) is 0 Å². The topological polar surface area (TPSA) is 80.5 Å². The minimum atomic E-state index is -0.150. The van der Waals surface area contributed by atoms with E-state index in [1.54, 1.807) is 7.11 Å². The fourth-order valence-corrected chi connectivity index (χ4v) is 3.84. The third-order valence-electron chi connectivity index (χ3n) is 5.25. The second-order valence-electron chi connectivity index (χ2n) is 6.97. The lowest BCUT2D eigenvalue weighted by atomic mass is 10.2. The molecule has 1 aliphatic carbocycles. The molecule has 2 amide bonds. The van der Waals surface area contributed by atoms with E-state index in [9.17, 15) is 4.79 Å². The molecule has 1 atom stereocenters. The molecule has 0 radical (unpaired) electrons.